The van der Waals surface area contributed by atoms with Crippen LogP contribution in [0.25, 0.3) is 11.3 Å². The lowest BCUT2D eigenvalue weighted by Crippen LogP contribution is -2.32. The average Bonchev–Trinajstić information content (AvgIpc) is 3.03. The number of carbonyl (C=O) groups is 1. The molecule has 0 radical (unpaired) electrons. The highest BCUT2D eigenvalue weighted by Crippen LogP contribution is 2.27. The molecule has 28 heavy (non-hydrogen) atoms. The minimum Gasteiger partial charge on any atom is -0.266 e. The minimum absolute atomic E-state index is 0.0409. The van der Waals surface area contributed by atoms with E-state index >= 15 is 0 Å². The van der Waals surface area contributed by atoms with Gasteiger partial charge in [0.05, 0.1) is 10.6 Å². The number of nitrogens with zero attached hydrogens (tertiary/aromatic N) is 2. The van der Waals surface area contributed by atoms with Crippen LogP contribution in [-0.4, -0.2) is 24.1 Å². The molecule has 1 aromatic heterocycles. The van der Waals surface area contributed by atoms with E-state index in [0.717, 1.165) is 29.8 Å². The number of amides is 1. The third-order valence-electron chi connectivity index (χ3n) is 4.08. The van der Waals surface area contributed by atoms with Gasteiger partial charge in [0.15, 0.2) is 0 Å². The van der Waals surface area contributed by atoms with Gasteiger partial charge < -0.3 is 0 Å². The SMILES string of the molecule is Cn1nc(-c2ccccc2)cc1C(=O)NS(=O)(=O)c1ccc(C(C)(F)F)cc1. The fourth-order valence-electron chi connectivity index (χ4n) is 2.59. The topological polar surface area (TPSA) is 81.1 Å². The van der Waals surface area contributed by atoms with E-state index < -0.39 is 21.9 Å². The second kappa shape index (κ2) is 7.16. The molecule has 3 aromatic rings. The Balaban J connectivity index is 1.83. The first-order valence-corrected chi connectivity index (χ1v) is 9.71. The van der Waals surface area contributed by atoms with E-state index in [-0.39, 0.29) is 16.2 Å². The monoisotopic (exact) mass is 405 g/mol. The molecule has 0 unspecified atom stereocenters. The molecule has 0 spiro atoms. The normalized spacial score (nSPS) is 12.0. The van der Waals surface area contributed by atoms with Crippen LogP contribution < -0.4 is 4.72 Å². The fraction of sp³-hybridized carbons (Fsp3) is 0.158. The molecule has 1 amide bonds. The van der Waals surface area contributed by atoms with Gasteiger partial charge in [-0.3, -0.25) is 9.48 Å². The van der Waals surface area contributed by atoms with Gasteiger partial charge in [-0.05, 0) is 18.2 Å². The first-order chi connectivity index (χ1) is 13.1. The molecule has 0 atom stereocenters. The Hall–Kier alpha value is -3.07. The number of benzene rings is 2. The lowest BCUT2D eigenvalue weighted by molar-refractivity contribution is 0.0174. The molecule has 0 aliphatic rings. The maximum atomic E-state index is 13.3. The number of aromatic nitrogens is 2. The number of carbonyl (C=O) groups excluding carboxylic acids is 1. The van der Waals surface area contributed by atoms with Crippen molar-refractivity contribution in [3.63, 3.8) is 0 Å². The summed E-state index contributed by atoms with van der Waals surface area (Å²) in [4.78, 5) is 12.2. The molecule has 1 heterocycles. The van der Waals surface area contributed by atoms with Crippen molar-refractivity contribution in [1.29, 1.82) is 0 Å². The van der Waals surface area contributed by atoms with Crippen LogP contribution in [0.2, 0.25) is 0 Å². The lowest BCUT2D eigenvalue weighted by Gasteiger charge is -2.11. The maximum absolute atomic E-state index is 13.3. The number of aryl methyl sites for hydroxylation is 1. The summed E-state index contributed by atoms with van der Waals surface area (Å²) < 4.78 is 54.6. The van der Waals surface area contributed by atoms with Crippen LogP contribution in [0.3, 0.4) is 0 Å². The second-order valence-corrected chi connectivity index (χ2v) is 7.93. The molecule has 0 bridgehead atoms. The van der Waals surface area contributed by atoms with E-state index in [1.54, 1.807) is 0 Å². The summed E-state index contributed by atoms with van der Waals surface area (Å²) in [5.74, 6) is -3.96. The van der Waals surface area contributed by atoms with E-state index in [9.17, 15) is 22.0 Å². The average molecular weight is 405 g/mol. The minimum atomic E-state index is -4.23. The van der Waals surface area contributed by atoms with Crippen LogP contribution >= 0.6 is 0 Å². The molecule has 0 fully saturated rings. The standard InChI is InChI=1S/C19H17F2N3O3S/c1-19(20,21)14-8-10-15(11-9-14)28(26,27)23-18(25)17-12-16(22-24(17)2)13-6-4-3-5-7-13/h3-12H,1-2H3,(H,23,25). The molecule has 0 aliphatic carbocycles. The summed E-state index contributed by atoms with van der Waals surface area (Å²) in [7, 11) is -2.71. The summed E-state index contributed by atoms with van der Waals surface area (Å²) in [6.07, 6.45) is 0. The molecule has 146 valence electrons. The van der Waals surface area contributed by atoms with Crippen molar-refractivity contribution in [2.75, 3.05) is 0 Å². The largest absolute Gasteiger partial charge is 0.283 e. The molecule has 0 saturated heterocycles. The first kappa shape index (κ1) is 19.7. The number of alkyl halides is 2. The number of sulfonamides is 1. The van der Waals surface area contributed by atoms with E-state index in [1.165, 1.54) is 17.8 Å². The van der Waals surface area contributed by atoms with Crippen LogP contribution in [0.4, 0.5) is 8.78 Å². The molecule has 0 saturated carbocycles. The molecular formula is C19H17F2N3O3S. The fourth-order valence-corrected chi connectivity index (χ4v) is 3.55. The van der Waals surface area contributed by atoms with Gasteiger partial charge in [0, 0.05) is 25.1 Å². The summed E-state index contributed by atoms with van der Waals surface area (Å²) in [6, 6.07) is 14.6. The highest BCUT2D eigenvalue weighted by atomic mass is 32.2. The molecule has 0 aliphatic heterocycles. The number of rotatable bonds is 5. The Kier molecular flexibility index (Phi) is 5.03. The van der Waals surface area contributed by atoms with Crippen molar-refractivity contribution >= 4 is 15.9 Å². The van der Waals surface area contributed by atoms with Gasteiger partial charge in [0.25, 0.3) is 21.9 Å². The van der Waals surface area contributed by atoms with Crippen LogP contribution in [0, 0.1) is 0 Å². The zero-order chi connectivity index (χ0) is 20.5. The molecular weight excluding hydrogens is 388 g/mol. The van der Waals surface area contributed by atoms with E-state index in [2.05, 4.69) is 5.10 Å². The van der Waals surface area contributed by atoms with Gasteiger partial charge in [-0.25, -0.2) is 21.9 Å². The lowest BCUT2D eigenvalue weighted by atomic mass is 10.1. The summed E-state index contributed by atoms with van der Waals surface area (Å²) in [6.45, 7) is 0.713. The predicted octanol–water partition coefficient (Wildman–Crippen LogP) is 3.32. The van der Waals surface area contributed by atoms with Gasteiger partial charge in [-0.2, -0.15) is 5.10 Å². The van der Waals surface area contributed by atoms with E-state index in [4.69, 9.17) is 0 Å². The van der Waals surface area contributed by atoms with Crippen LogP contribution in [-0.2, 0) is 23.0 Å². The Labute approximate surface area is 160 Å². The Bertz CT molecular complexity index is 1100. The number of hydrogen-bond donors (Lipinski definition) is 1. The van der Waals surface area contributed by atoms with Gasteiger partial charge in [-0.15, -0.1) is 0 Å². The molecule has 9 heteroatoms. The molecule has 3 rings (SSSR count). The molecule has 1 N–H and O–H groups in total. The number of halogens is 2. The summed E-state index contributed by atoms with van der Waals surface area (Å²) in [5.41, 5.74) is 1.01. The Morgan fingerprint density at radius 1 is 1.07 bits per heavy atom. The zero-order valence-corrected chi connectivity index (χ0v) is 15.9. The van der Waals surface area contributed by atoms with E-state index in [1.807, 2.05) is 35.1 Å². The van der Waals surface area contributed by atoms with Crippen molar-refractivity contribution in [1.82, 2.24) is 14.5 Å². The maximum Gasteiger partial charge on any atom is 0.283 e. The van der Waals surface area contributed by atoms with Crippen molar-refractivity contribution in [2.24, 2.45) is 7.05 Å². The number of nitrogens with one attached hydrogen (secondary N) is 1. The van der Waals surface area contributed by atoms with Crippen molar-refractivity contribution in [3.8, 4) is 11.3 Å². The Morgan fingerprint density at radius 2 is 1.68 bits per heavy atom. The highest BCUT2D eigenvalue weighted by Gasteiger charge is 2.26. The van der Waals surface area contributed by atoms with Crippen LogP contribution in [0.5, 0.6) is 0 Å². The third kappa shape index (κ3) is 4.09. The van der Waals surface area contributed by atoms with Gasteiger partial charge in [0.2, 0.25) is 0 Å². The summed E-state index contributed by atoms with van der Waals surface area (Å²) in [5, 5.41) is 4.22. The molecule has 2 aromatic carbocycles. The Morgan fingerprint density at radius 3 is 2.25 bits per heavy atom. The van der Waals surface area contributed by atoms with Crippen LogP contribution in [0.1, 0.15) is 23.0 Å². The smallest absolute Gasteiger partial charge is 0.266 e. The highest BCUT2D eigenvalue weighted by molar-refractivity contribution is 7.90. The zero-order valence-electron chi connectivity index (χ0n) is 15.1. The van der Waals surface area contributed by atoms with Crippen molar-refractivity contribution in [3.05, 3.63) is 71.9 Å². The van der Waals surface area contributed by atoms with Gasteiger partial charge in [0.1, 0.15) is 5.69 Å². The second-order valence-electron chi connectivity index (χ2n) is 6.25. The van der Waals surface area contributed by atoms with Gasteiger partial charge >= 0.3 is 0 Å². The van der Waals surface area contributed by atoms with Crippen molar-refractivity contribution < 1.29 is 22.0 Å². The number of hydrogen-bond acceptors (Lipinski definition) is 4. The quantitative estimate of drug-likeness (QED) is 0.706. The van der Waals surface area contributed by atoms with Crippen LogP contribution in [0.15, 0.2) is 65.6 Å². The summed E-state index contributed by atoms with van der Waals surface area (Å²) >= 11 is 0. The van der Waals surface area contributed by atoms with Crippen molar-refractivity contribution in [2.45, 2.75) is 17.7 Å². The molecule has 6 nitrogen and oxygen atoms in total. The predicted molar refractivity (Wildman–Crippen MR) is 99.3 cm³/mol. The van der Waals surface area contributed by atoms with Gasteiger partial charge in [-0.1, -0.05) is 42.5 Å². The third-order valence-corrected chi connectivity index (χ3v) is 5.43. The van der Waals surface area contributed by atoms with E-state index in [0.29, 0.717) is 12.6 Å². The first-order valence-electron chi connectivity index (χ1n) is 8.23.